The molecule has 18 heavy (non-hydrogen) atoms. The van der Waals surface area contributed by atoms with Gasteiger partial charge in [0.2, 0.25) is 0 Å². The molecule has 6 heteroatoms. The third-order valence-electron chi connectivity index (χ3n) is 2.29. The van der Waals surface area contributed by atoms with E-state index in [0.29, 0.717) is 16.3 Å². The second-order valence-electron chi connectivity index (χ2n) is 3.56. The SMILES string of the molecule is FC(F)(F)c1ccc(-c2ncc(Cl)cc2I)cc1. The summed E-state index contributed by atoms with van der Waals surface area (Å²) < 4.78 is 38.1. The quantitative estimate of drug-likeness (QED) is 0.630. The van der Waals surface area contributed by atoms with Crippen molar-refractivity contribution in [2.24, 2.45) is 0 Å². The maximum atomic E-state index is 12.4. The first kappa shape index (κ1) is 13.6. The fraction of sp³-hybridized carbons (Fsp3) is 0.0833. The van der Waals surface area contributed by atoms with Crippen molar-refractivity contribution in [1.82, 2.24) is 4.98 Å². The average molecular weight is 384 g/mol. The largest absolute Gasteiger partial charge is 0.416 e. The average Bonchev–Trinajstić information content (AvgIpc) is 2.28. The highest BCUT2D eigenvalue weighted by atomic mass is 127. The van der Waals surface area contributed by atoms with Gasteiger partial charge in [-0.05, 0) is 40.8 Å². The third-order valence-corrected chi connectivity index (χ3v) is 3.32. The predicted molar refractivity (Wildman–Crippen MR) is 72.4 cm³/mol. The molecule has 94 valence electrons. The van der Waals surface area contributed by atoms with Crippen molar-refractivity contribution < 1.29 is 13.2 Å². The van der Waals surface area contributed by atoms with Crippen LogP contribution in [0.5, 0.6) is 0 Å². The maximum absolute atomic E-state index is 12.4. The molecule has 0 saturated heterocycles. The number of hydrogen-bond acceptors (Lipinski definition) is 1. The second-order valence-corrected chi connectivity index (χ2v) is 5.16. The van der Waals surface area contributed by atoms with Crippen LogP contribution in [0.15, 0.2) is 36.5 Å². The van der Waals surface area contributed by atoms with Gasteiger partial charge in [-0.25, -0.2) is 0 Å². The Bertz CT molecular complexity index is 567. The Morgan fingerprint density at radius 3 is 2.22 bits per heavy atom. The van der Waals surface area contributed by atoms with E-state index in [4.69, 9.17) is 11.6 Å². The molecular weight excluding hydrogens is 377 g/mol. The van der Waals surface area contributed by atoms with E-state index in [-0.39, 0.29) is 0 Å². The molecule has 0 aliphatic carbocycles. The first-order valence-corrected chi connectivity index (χ1v) is 6.32. The van der Waals surface area contributed by atoms with Crippen molar-refractivity contribution in [2.45, 2.75) is 6.18 Å². The van der Waals surface area contributed by atoms with Gasteiger partial charge < -0.3 is 0 Å². The van der Waals surface area contributed by atoms with E-state index in [1.54, 1.807) is 6.07 Å². The van der Waals surface area contributed by atoms with Gasteiger partial charge in [0.1, 0.15) is 0 Å². The van der Waals surface area contributed by atoms with Crippen molar-refractivity contribution in [3.63, 3.8) is 0 Å². The van der Waals surface area contributed by atoms with Gasteiger partial charge in [0.25, 0.3) is 0 Å². The molecule has 0 radical (unpaired) electrons. The van der Waals surface area contributed by atoms with Crippen LogP contribution in [0.3, 0.4) is 0 Å². The summed E-state index contributed by atoms with van der Waals surface area (Å²) in [5.74, 6) is 0. The van der Waals surface area contributed by atoms with Crippen LogP contribution < -0.4 is 0 Å². The zero-order valence-electron chi connectivity index (χ0n) is 8.80. The number of hydrogen-bond donors (Lipinski definition) is 0. The second kappa shape index (κ2) is 5.05. The first-order chi connectivity index (χ1) is 8.38. The number of halogens is 5. The molecule has 1 aromatic carbocycles. The summed E-state index contributed by atoms with van der Waals surface area (Å²) in [4.78, 5) is 4.12. The fourth-order valence-corrected chi connectivity index (χ4v) is 2.57. The molecule has 2 aromatic rings. The normalized spacial score (nSPS) is 11.6. The highest BCUT2D eigenvalue weighted by molar-refractivity contribution is 14.1. The number of nitrogens with zero attached hydrogens (tertiary/aromatic N) is 1. The Morgan fingerprint density at radius 1 is 1.11 bits per heavy atom. The first-order valence-electron chi connectivity index (χ1n) is 4.86. The lowest BCUT2D eigenvalue weighted by atomic mass is 10.1. The Morgan fingerprint density at radius 2 is 1.72 bits per heavy atom. The van der Waals surface area contributed by atoms with Crippen LogP contribution >= 0.6 is 34.2 Å². The lowest BCUT2D eigenvalue weighted by Gasteiger charge is -2.08. The zero-order chi connectivity index (χ0) is 13.3. The highest BCUT2D eigenvalue weighted by Gasteiger charge is 2.30. The molecule has 0 fully saturated rings. The van der Waals surface area contributed by atoms with Gasteiger partial charge in [0.05, 0.1) is 16.3 Å². The minimum Gasteiger partial charge on any atom is -0.254 e. The maximum Gasteiger partial charge on any atom is 0.416 e. The van der Waals surface area contributed by atoms with E-state index in [2.05, 4.69) is 4.98 Å². The van der Waals surface area contributed by atoms with Gasteiger partial charge >= 0.3 is 6.18 Å². The molecule has 1 aromatic heterocycles. The molecule has 0 bridgehead atoms. The summed E-state index contributed by atoms with van der Waals surface area (Å²) >= 11 is 7.82. The molecule has 1 nitrogen and oxygen atoms in total. The van der Waals surface area contributed by atoms with Crippen molar-refractivity contribution in [2.75, 3.05) is 0 Å². The molecule has 0 unspecified atom stereocenters. The van der Waals surface area contributed by atoms with Crippen LogP contribution in [0.2, 0.25) is 5.02 Å². The molecular formula is C12H6ClF3IN. The molecule has 0 N–H and O–H groups in total. The topological polar surface area (TPSA) is 12.9 Å². The Hall–Kier alpha value is -0.820. The predicted octanol–water partition coefficient (Wildman–Crippen LogP) is 5.03. The smallest absolute Gasteiger partial charge is 0.254 e. The lowest BCUT2D eigenvalue weighted by Crippen LogP contribution is -2.04. The number of aromatic nitrogens is 1. The summed E-state index contributed by atoms with van der Waals surface area (Å²) in [6.07, 6.45) is -2.85. The number of rotatable bonds is 1. The van der Waals surface area contributed by atoms with Crippen molar-refractivity contribution in [1.29, 1.82) is 0 Å². The van der Waals surface area contributed by atoms with Gasteiger partial charge in [-0.2, -0.15) is 13.2 Å². The van der Waals surface area contributed by atoms with E-state index in [1.807, 2.05) is 22.6 Å². The van der Waals surface area contributed by atoms with Gasteiger partial charge in [-0.15, -0.1) is 0 Å². The third kappa shape index (κ3) is 2.95. The van der Waals surface area contributed by atoms with E-state index in [1.165, 1.54) is 18.3 Å². The van der Waals surface area contributed by atoms with Crippen molar-refractivity contribution in [3.8, 4) is 11.3 Å². The summed E-state index contributed by atoms with van der Waals surface area (Å²) in [5, 5.41) is 0.495. The van der Waals surface area contributed by atoms with Gasteiger partial charge in [0.15, 0.2) is 0 Å². The molecule has 0 aliphatic heterocycles. The molecule has 1 heterocycles. The molecule has 0 saturated carbocycles. The number of pyridine rings is 1. The lowest BCUT2D eigenvalue weighted by molar-refractivity contribution is -0.137. The minimum atomic E-state index is -4.32. The molecule has 0 amide bonds. The van der Waals surface area contributed by atoms with Crippen LogP contribution in [0.1, 0.15) is 5.56 Å². The van der Waals surface area contributed by atoms with E-state index in [9.17, 15) is 13.2 Å². The van der Waals surface area contributed by atoms with Crippen LogP contribution in [0, 0.1) is 3.57 Å². The van der Waals surface area contributed by atoms with Crippen LogP contribution in [-0.4, -0.2) is 4.98 Å². The standard InChI is InChI=1S/C12H6ClF3IN/c13-9-5-10(17)11(18-6-9)7-1-3-8(4-2-7)12(14,15)16/h1-6H. The van der Waals surface area contributed by atoms with Gasteiger partial charge in [-0.1, -0.05) is 23.7 Å². The Labute approximate surface area is 120 Å². The highest BCUT2D eigenvalue weighted by Crippen LogP contribution is 2.31. The Kier molecular flexibility index (Phi) is 3.82. The zero-order valence-corrected chi connectivity index (χ0v) is 11.7. The number of alkyl halides is 3. The molecule has 2 rings (SSSR count). The molecule has 0 spiro atoms. The fourth-order valence-electron chi connectivity index (χ4n) is 1.44. The summed E-state index contributed by atoms with van der Waals surface area (Å²) in [6, 6.07) is 6.61. The van der Waals surface area contributed by atoms with Gasteiger partial charge in [0, 0.05) is 15.3 Å². The molecule has 0 atom stereocenters. The van der Waals surface area contributed by atoms with Gasteiger partial charge in [-0.3, -0.25) is 4.98 Å². The summed E-state index contributed by atoms with van der Waals surface area (Å²) in [5.41, 5.74) is 0.577. The minimum absolute atomic E-state index is 0.495. The van der Waals surface area contributed by atoms with Crippen LogP contribution in [0.4, 0.5) is 13.2 Å². The van der Waals surface area contributed by atoms with Crippen molar-refractivity contribution >= 4 is 34.2 Å². The monoisotopic (exact) mass is 383 g/mol. The summed E-state index contributed by atoms with van der Waals surface area (Å²) in [7, 11) is 0. The van der Waals surface area contributed by atoms with Crippen LogP contribution in [-0.2, 0) is 6.18 Å². The van der Waals surface area contributed by atoms with E-state index in [0.717, 1.165) is 15.7 Å². The Balaban J connectivity index is 2.41. The molecule has 0 aliphatic rings. The van der Waals surface area contributed by atoms with Crippen LogP contribution in [0.25, 0.3) is 11.3 Å². The van der Waals surface area contributed by atoms with E-state index < -0.39 is 11.7 Å². The summed E-state index contributed by atoms with van der Waals surface area (Å²) in [6.45, 7) is 0. The van der Waals surface area contributed by atoms with Crippen molar-refractivity contribution in [3.05, 3.63) is 50.7 Å². The number of benzene rings is 1. The van der Waals surface area contributed by atoms with E-state index >= 15 is 0 Å².